The quantitative estimate of drug-likeness (QED) is 0.133. The minimum Gasteiger partial charge on any atom is -0.311 e. The first-order valence-corrected chi connectivity index (χ1v) is 22.4. The second-order valence-corrected chi connectivity index (χ2v) is 18.0. The van der Waals surface area contributed by atoms with Crippen molar-refractivity contribution in [3.63, 3.8) is 0 Å². The SMILES string of the molecule is C=C(/C=C\C(=C/C)c1ccc2c(c1)-c1ccccc1C21C2CC3CC(C2)CC1C3)N(c1ccc2ccccc2c1)c1ccc2c3ccccc3n(C(/C=C\C)=C/CC)c2c1. The second-order valence-electron chi connectivity index (χ2n) is 18.0. The number of hydrogen-bond donors (Lipinski definition) is 0. The number of allylic oxidation sites excluding steroid dienone is 8. The van der Waals surface area contributed by atoms with Gasteiger partial charge in [0, 0.05) is 39.0 Å². The number of nitrogens with zero attached hydrogens (tertiary/aromatic N) is 2. The van der Waals surface area contributed by atoms with E-state index < -0.39 is 0 Å². The van der Waals surface area contributed by atoms with Gasteiger partial charge in [-0.2, -0.15) is 0 Å². The first-order chi connectivity index (χ1) is 29.5. The van der Waals surface area contributed by atoms with Crippen molar-refractivity contribution in [3.8, 4) is 11.1 Å². The molecule has 2 nitrogen and oxygen atoms in total. The Morgan fingerprint density at radius 1 is 0.650 bits per heavy atom. The molecule has 296 valence electrons. The maximum Gasteiger partial charge on any atom is 0.0561 e. The van der Waals surface area contributed by atoms with E-state index in [-0.39, 0.29) is 5.41 Å². The van der Waals surface area contributed by atoms with Gasteiger partial charge in [0.25, 0.3) is 0 Å². The number of para-hydroxylation sites is 1. The summed E-state index contributed by atoms with van der Waals surface area (Å²) in [6.07, 6.45) is 21.5. The lowest BCUT2D eigenvalue weighted by Gasteiger charge is -2.61. The summed E-state index contributed by atoms with van der Waals surface area (Å²) < 4.78 is 2.42. The molecule has 0 N–H and O–H groups in total. The van der Waals surface area contributed by atoms with Crippen molar-refractivity contribution < 1.29 is 0 Å². The Balaban J connectivity index is 1.00. The normalized spacial score (nSPS) is 23.2. The highest BCUT2D eigenvalue weighted by Gasteiger charge is 2.61. The fourth-order valence-corrected chi connectivity index (χ4v) is 12.7. The molecule has 0 unspecified atom stereocenters. The van der Waals surface area contributed by atoms with E-state index >= 15 is 0 Å². The van der Waals surface area contributed by atoms with Crippen LogP contribution in [0.3, 0.4) is 0 Å². The largest absolute Gasteiger partial charge is 0.311 e. The molecule has 7 aromatic rings. The molecule has 0 atom stereocenters. The summed E-state index contributed by atoms with van der Waals surface area (Å²) >= 11 is 0. The summed E-state index contributed by atoms with van der Waals surface area (Å²) in [5.74, 6) is 3.42. The summed E-state index contributed by atoms with van der Waals surface area (Å²) in [6, 6.07) is 48.0. The molecule has 5 aliphatic carbocycles. The third-order valence-corrected chi connectivity index (χ3v) is 14.9. The van der Waals surface area contributed by atoms with E-state index in [4.69, 9.17) is 6.58 Å². The van der Waals surface area contributed by atoms with Crippen molar-refractivity contribution in [1.82, 2.24) is 4.57 Å². The Labute approximate surface area is 355 Å². The van der Waals surface area contributed by atoms with E-state index in [9.17, 15) is 0 Å². The number of anilines is 2. The Bertz CT molecular complexity index is 2950. The maximum atomic E-state index is 4.80. The number of rotatable bonds is 9. The van der Waals surface area contributed by atoms with Crippen LogP contribution in [0.15, 0.2) is 176 Å². The summed E-state index contributed by atoms with van der Waals surface area (Å²) in [5, 5.41) is 4.93. The molecular weight excluding hydrogens is 725 g/mol. The van der Waals surface area contributed by atoms with E-state index in [0.29, 0.717) is 0 Å². The van der Waals surface area contributed by atoms with Crippen LogP contribution in [0.5, 0.6) is 0 Å². The van der Waals surface area contributed by atoms with Crippen LogP contribution in [0, 0.1) is 23.7 Å². The molecule has 4 fully saturated rings. The van der Waals surface area contributed by atoms with Gasteiger partial charge in [0.2, 0.25) is 0 Å². The molecule has 4 bridgehead atoms. The molecule has 0 saturated heterocycles. The van der Waals surface area contributed by atoms with Gasteiger partial charge in [-0.05, 0) is 169 Å². The van der Waals surface area contributed by atoms with Gasteiger partial charge in [-0.25, -0.2) is 0 Å². The van der Waals surface area contributed by atoms with Crippen molar-refractivity contribution in [2.75, 3.05) is 4.90 Å². The highest BCUT2D eigenvalue weighted by Crippen LogP contribution is 2.69. The number of aromatic nitrogens is 1. The Morgan fingerprint density at radius 2 is 1.33 bits per heavy atom. The van der Waals surface area contributed by atoms with Crippen molar-refractivity contribution in [2.24, 2.45) is 23.7 Å². The third-order valence-electron chi connectivity index (χ3n) is 14.9. The Morgan fingerprint density at radius 3 is 2.12 bits per heavy atom. The van der Waals surface area contributed by atoms with Crippen LogP contribution in [0.2, 0.25) is 0 Å². The van der Waals surface area contributed by atoms with Crippen LogP contribution >= 0.6 is 0 Å². The average Bonchev–Trinajstić information content (AvgIpc) is 3.75. The zero-order chi connectivity index (χ0) is 40.5. The van der Waals surface area contributed by atoms with Crippen LogP contribution in [0.25, 0.3) is 55.0 Å². The predicted molar refractivity (Wildman–Crippen MR) is 257 cm³/mol. The van der Waals surface area contributed by atoms with E-state index in [2.05, 4.69) is 194 Å². The highest BCUT2D eigenvalue weighted by molar-refractivity contribution is 6.11. The minimum atomic E-state index is 0.186. The number of fused-ring (bicyclic) bond motifs is 7. The first-order valence-electron chi connectivity index (χ1n) is 22.4. The molecule has 6 aromatic carbocycles. The summed E-state index contributed by atoms with van der Waals surface area (Å²) in [7, 11) is 0. The summed E-state index contributed by atoms with van der Waals surface area (Å²) in [5.41, 5.74) is 15.4. The Kier molecular flexibility index (Phi) is 8.96. The molecule has 5 aliphatic rings. The second kappa shape index (κ2) is 14.6. The molecule has 0 aliphatic heterocycles. The van der Waals surface area contributed by atoms with E-state index in [1.807, 2.05) is 0 Å². The molecule has 12 rings (SSSR count). The van der Waals surface area contributed by atoms with Gasteiger partial charge < -0.3 is 9.47 Å². The van der Waals surface area contributed by atoms with Crippen molar-refractivity contribution in [2.45, 2.75) is 64.7 Å². The van der Waals surface area contributed by atoms with Gasteiger partial charge in [-0.1, -0.05) is 129 Å². The average molecular weight is 779 g/mol. The lowest BCUT2D eigenvalue weighted by molar-refractivity contribution is -0.0399. The fourth-order valence-electron chi connectivity index (χ4n) is 12.7. The smallest absolute Gasteiger partial charge is 0.0561 e. The first kappa shape index (κ1) is 36.9. The van der Waals surface area contributed by atoms with Crippen LogP contribution in [-0.4, -0.2) is 4.57 Å². The van der Waals surface area contributed by atoms with Crippen LogP contribution < -0.4 is 4.90 Å². The fraction of sp³-hybridized carbons (Fsp3) is 0.241. The zero-order valence-corrected chi connectivity index (χ0v) is 35.2. The van der Waals surface area contributed by atoms with E-state index in [1.165, 1.54) is 92.6 Å². The monoisotopic (exact) mass is 778 g/mol. The maximum absolute atomic E-state index is 4.80. The minimum absolute atomic E-state index is 0.186. The Hall–Kier alpha value is -6.12. The van der Waals surface area contributed by atoms with Gasteiger partial charge in [-0.3, -0.25) is 0 Å². The van der Waals surface area contributed by atoms with Crippen LogP contribution in [-0.2, 0) is 5.41 Å². The standard InChI is InChI=1S/C58H54N2/c1-5-14-47(15-6-2)60-56-21-13-11-19-51(56)52-28-27-49(37-57(52)60)59(48-26-24-42-16-8-9-17-43(42)35-48)38(4)22-23-41(7-3)44-25-29-55-53(36-44)50-18-10-12-20-54(50)58(55)45-31-39-30-40(33-45)34-46(58)32-39/h5,7-29,35-37,39-40,45-46H,4,6,30-34H2,1-3H3/b14-5-,23-22-,41-7+,47-15+. The van der Waals surface area contributed by atoms with Crippen LogP contribution in [0.1, 0.15) is 76.0 Å². The molecule has 60 heavy (non-hydrogen) atoms. The van der Waals surface area contributed by atoms with Crippen molar-refractivity contribution in [3.05, 3.63) is 193 Å². The summed E-state index contributed by atoms with van der Waals surface area (Å²) in [4.78, 5) is 2.33. The summed E-state index contributed by atoms with van der Waals surface area (Å²) in [6.45, 7) is 11.3. The lowest BCUT2D eigenvalue weighted by Crippen LogP contribution is -2.55. The van der Waals surface area contributed by atoms with Gasteiger partial charge in [-0.15, -0.1) is 0 Å². The van der Waals surface area contributed by atoms with Gasteiger partial charge >= 0.3 is 0 Å². The molecule has 2 heteroatoms. The number of hydrogen-bond acceptors (Lipinski definition) is 1. The zero-order valence-electron chi connectivity index (χ0n) is 35.2. The molecule has 0 amide bonds. The van der Waals surface area contributed by atoms with Gasteiger partial charge in [0.05, 0.1) is 11.0 Å². The lowest BCUT2D eigenvalue weighted by atomic mass is 9.43. The van der Waals surface area contributed by atoms with E-state index in [0.717, 1.165) is 47.2 Å². The molecular formula is C58H54N2. The third kappa shape index (κ3) is 5.60. The van der Waals surface area contributed by atoms with Crippen molar-refractivity contribution >= 4 is 55.2 Å². The number of benzene rings is 6. The molecule has 4 saturated carbocycles. The van der Waals surface area contributed by atoms with Gasteiger partial charge in [0.15, 0.2) is 0 Å². The predicted octanol–water partition coefficient (Wildman–Crippen LogP) is 15.8. The molecule has 1 spiro atoms. The highest BCUT2D eigenvalue weighted by atomic mass is 15.1. The topological polar surface area (TPSA) is 8.17 Å². The van der Waals surface area contributed by atoms with Gasteiger partial charge in [0.1, 0.15) is 0 Å². The van der Waals surface area contributed by atoms with Crippen molar-refractivity contribution in [1.29, 1.82) is 0 Å². The molecule has 0 radical (unpaired) electrons. The molecule has 1 aromatic heterocycles. The van der Waals surface area contributed by atoms with Crippen LogP contribution in [0.4, 0.5) is 11.4 Å². The van der Waals surface area contributed by atoms with E-state index in [1.54, 1.807) is 11.1 Å². The molecule has 1 heterocycles.